The molecule has 124 valence electrons. The molecule has 0 aromatic heterocycles. The minimum atomic E-state index is -0.365. The second-order valence-electron chi connectivity index (χ2n) is 5.53. The number of carbonyl (C=O) groups excluding carboxylic acids is 3. The highest BCUT2D eigenvalue weighted by Gasteiger charge is 2.11. The van der Waals surface area contributed by atoms with E-state index < -0.39 is 0 Å². The van der Waals surface area contributed by atoms with Crippen molar-refractivity contribution in [2.24, 2.45) is 0 Å². The van der Waals surface area contributed by atoms with Gasteiger partial charge in [0.1, 0.15) is 0 Å². The molecule has 0 bridgehead atoms. The third kappa shape index (κ3) is 6.06. The number of rotatable bonds is 7. The second-order valence-corrected chi connectivity index (χ2v) is 5.53. The minimum absolute atomic E-state index is 0.0284. The van der Waals surface area contributed by atoms with Gasteiger partial charge in [0.05, 0.1) is 0 Å². The fourth-order valence-corrected chi connectivity index (χ4v) is 2.02. The number of hydrogen-bond acceptors (Lipinski definition) is 3. The van der Waals surface area contributed by atoms with Gasteiger partial charge in [-0.2, -0.15) is 0 Å². The molecule has 23 heavy (non-hydrogen) atoms. The summed E-state index contributed by atoms with van der Waals surface area (Å²) in [5.41, 5.74) is 1.56. The number of ketones is 1. The lowest BCUT2D eigenvalue weighted by atomic mass is 10.1. The van der Waals surface area contributed by atoms with Crippen molar-refractivity contribution in [3.05, 3.63) is 41.5 Å². The molecule has 1 aromatic carbocycles. The zero-order chi connectivity index (χ0) is 17.4. The Hall–Kier alpha value is -2.43. The van der Waals surface area contributed by atoms with Crippen LogP contribution >= 0.6 is 0 Å². The van der Waals surface area contributed by atoms with Gasteiger partial charge >= 0.3 is 0 Å². The lowest BCUT2D eigenvalue weighted by Crippen LogP contribution is -2.28. The SMILES string of the molecule is CCCCN(C)C(=O)/C(C)=C\C(=O)Nc1ccc(C(C)=O)cc1. The fourth-order valence-electron chi connectivity index (χ4n) is 2.02. The Morgan fingerprint density at radius 2 is 1.74 bits per heavy atom. The first-order chi connectivity index (χ1) is 10.8. The van der Waals surface area contributed by atoms with E-state index in [1.54, 1.807) is 43.1 Å². The Bertz CT molecular complexity index is 603. The number of benzene rings is 1. The van der Waals surface area contributed by atoms with Crippen LogP contribution in [0.1, 0.15) is 44.0 Å². The van der Waals surface area contributed by atoms with Crippen molar-refractivity contribution in [3.8, 4) is 0 Å². The maximum Gasteiger partial charge on any atom is 0.249 e. The Labute approximate surface area is 137 Å². The van der Waals surface area contributed by atoms with Gasteiger partial charge in [0, 0.05) is 36.5 Å². The van der Waals surface area contributed by atoms with Gasteiger partial charge in [-0.3, -0.25) is 14.4 Å². The topological polar surface area (TPSA) is 66.5 Å². The molecule has 0 spiro atoms. The van der Waals surface area contributed by atoms with Crippen molar-refractivity contribution in [1.82, 2.24) is 4.90 Å². The van der Waals surface area contributed by atoms with Crippen LogP contribution in [0.4, 0.5) is 5.69 Å². The van der Waals surface area contributed by atoms with Crippen LogP contribution in [0.2, 0.25) is 0 Å². The first kappa shape index (κ1) is 18.6. The molecule has 0 unspecified atom stereocenters. The Morgan fingerprint density at radius 3 is 2.26 bits per heavy atom. The van der Waals surface area contributed by atoms with Gasteiger partial charge in [-0.05, 0) is 44.5 Å². The summed E-state index contributed by atoms with van der Waals surface area (Å²) in [6, 6.07) is 6.62. The van der Waals surface area contributed by atoms with Crippen LogP contribution in [-0.4, -0.2) is 36.1 Å². The molecule has 2 amide bonds. The van der Waals surface area contributed by atoms with Crippen LogP contribution < -0.4 is 5.32 Å². The van der Waals surface area contributed by atoms with E-state index in [4.69, 9.17) is 0 Å². The largest absolute Gasteiger partial charge is 0.342 e. The highest BCUT2D eigenvalue weighted by atomic mass is 16.2. The van der Waals surface area contributed by atoms with E-state index in [0.717, 1.165) is 12.8 Å². The normalized spacial score (nSPS) is 11.0. The van der Waals surface area contributed by atoms with Gasteiger partial charge in [0.25, 0.3) is 0 Å². The number of anilines is 1. The predicted octanol–water partition coefficient (Wildman–Crippen LogP) is 3.03. The van der Waals surface area contributed by atoms with E-state index in [1.165, 1.54) is 13.0 Å². The molecule has 0 heterocycles. The predicted molar refractivity (Wildman–Crippen MR) is 91.4 cm³/mol. The van der Waals surface area contributed by atoms with Gasteiger partial charge in [-0.15, -0.1) is 0 Å². The number of nitrogens with one attached hydrogen (secondary N) is 1. The molecule has 0 aliphatic heterocycles. The van der Waals surface area contributed by atoms with E-state index in [-0.39, 0.29) is 17.6 Å². The van der Waals surface area contributed by atoms with Gasteiger partial charge in [0.2, 0.25) is 11.8 Å². The average molecular weight is 316 g/mol. The van der Waals surface area contributed by atoms with E-state index in [0.29, 0.717) is 23.4 Å². The second kappa shape index (κ2) is 8.88. The first-order valence-electron chi connectivity index (χ1n) is 7.71. The zero-order valence-electron chi connectivity index (χ0n) is 14.2. The monoisotopic (exact) mass is 316 g/mol. The van der Waals surface area contributed by atoms with Crippen molar-refractivity contribution in [2.45, 2.75) is 33.6 Å². The lowest BCUT2D eigenvalue weighted by Gasteiger charge is -2.16. The third-order valence-electron chi connectivity index (χ3n) is 3.44. The molecular weight excluding hydrogens is 292 g/mol. The maximum atomic E-state index is 12.1. The van der Waals surface area contributed by atoms with Crippen LogP contribution in [-0.2, 0) is 9.59 Å². The van der Waals surface area contributed by atoms with Crippen LogP contribution in [0.3, 0.4) is 0 Å². The van der Waals surface area contributed by atoms with E-state index in [2.05, 4.69) is 12.2 Å². The molecule has 0 radical (unpaired) electrons. The summed E-state index contributed by atoms with van der Waals surface area (Å²) in [7, 11) is 1.73. The number of unbranched alkanes of at least 4 members (excludes halogenated alkanes) is 1. The van der Waals surface area contributed by atoms with Crippen molar-refractivity contribution < 1.29 is 14.4 Å². The fraction of sp³-hybridized carbons (Fsp3) is 0.389. The Balaban J connectivity index is 2.66. The van der Waals surface area contributed by atoms with E-state index in [1.807, 2.05) is 0 Å². The number of nitrogens with zero attached hydrogens (tertiary/aromatic N) is 1. The van der Waals surface area contributed by atoms with Gasteiger partial charge < -0.3 is 10.2 Å². The summed E-state index contributed by atoms with van der Waals surface area (Å²) in [5, 5.41) is 2.68. The summed E-state index contributed by atoms with van der Waals surface area (Å²) < 4.78 is 0. The van der Waals surface area contributed by atoms with Gasteiger partial charge in [-0.25, -0.2) is 0 Å². The van der Waals surface area contributed by atoms with Crippen molar-refractivity contribution >= 4 is 23.3 Å². The summed E-state index contributed by atoms with van der Waals surface area (Å²) >= 11 is 0. The molecule has 0 aliphatic carbocycles. The highest BCUT2D eigenvalue weighted by molar-refractivity contribution is 6.05. The molecule has 5 nitrogen and oxygen atoms in total. The molecular formula is C18H24N2O3. The Morgan fingerprint density at radius 1 is 1.13 bits per heavy atom. The molecule has 0 saturated carbocycles. The van der Waals surface area contributed by atoms with Crippen molar-refractivity contribution in [3.63, 3.8) is 0 Å². The highest BCUT2D eigenvalue weighted by Crippen LogP contribution is 2.10. The molecule has 0 atom stereocenters. The van der Waals surface area contributed by atoms with E-state index in [9.17, 15) is 14.4 Å². The molecule has 1 aromatic rings. The first-order valence-corrected chi connectivity index (χ1v) is 7.71. The smallest absolute Gasteiger partial charge is 0.249 e. The van der Waals surface area contributed by atoms with Crippen molar-refractivity contribution in [1.29, 1.82) is 0 Å². The quantitative estimate of drug-likeness (QED) is 0.621. The third-order valence-corrected chi connectivity index (χ3v) is 3.44. The zero-order valence-corrected chi connectivity index (χ0v) is 14.2. The van der Waals surface area contributed by atoms with Crippen LogP contribution in [0.5, 0.6) is 0 Å². The minimum Gasteiger partial charge on any atom is -0.342 e. The molecule has 0 saturated heterocycles. The molecule has 5 heteroatoms. The summed E-state index contributed by atoms with van der Waals surface area (Å²) in [4.78, 5) is 36.9. The van der Waals surface area contributed by atoms with Crippen LogP contribution in [0.15, 0.2) is 35.9 Å². The Kier molecular flexibility index (Phi) is 7.19. The summed E-state index contributed by atoms with van der Waals surface area (Å²) in [5.74, 6) is -0.546. The lowest BCUT2D eigenvalue weighted by molar-refractivity contribution is -0.126. The average Bonchev–Trinajstić information content (AvgIpc) is 2.52. The summed E-state index contributed by atoms with van der Waals surface area (Å²) in [6.07, 6.45) is 3.24. The summed E-state index contributed by atoms with van der Waals surface area (Å²) in [6.45, 7) is 5.85. The molecule has 0 fully saturated rings. The maximum absolute atomic E-state index is 12.1. The molecule has 0 aliphatic rings. The molecule has 1 N–H and O–H groups in total. The van der Waals surface area contributed by atoms with Gasteiger partial charge in [0.15, 0.2) is 5.78 Å². The number of hydrogen-bond donors (Lipinski definition) is 1. The number of likely N-dealkylation sites (N-methyl/N-ethyl adjacent to an activating group) is 1. The standard InChI is InChI=1S/C18H24N2O3/c1-5-6-11-20(4)18(23)13(2)12-17(22)19-16-9-7-15(8-10-16)14(3)21/h7-10,12H,5-6,11H2,1-4H3,(H,19,22)/b13-12-. The van der Waals surface area contributed by atoms with Gasteiger partial charge in [-0.1, -0.05) is 13.3 Å². The van der Waals surface area contributed by atoms with E-state index >= 15 is 0 Å². The number of carbonyl (C=O) groups is 3. The van der Waals surface area contributed by atoms with Crippen LogP contribution in [0, 0.1) is 0 Å². The number of Topliss-reactive ketones (excluding diaryl/α,β-unsaturated/α-hetero) is 1. The molecule has 1 rings (SSSR count). The van der Waals surface area contributed by atoms with Crippen LogP contribution in [0.25, 0.3) is 0 Å². The number of amides is 2. The van der Waals surface area contributed by atoms with Crippen molar-refractivity contribution in [2.75, 3.05) is 18.9 Å².